The van der Waals surface area contributed by atoms with Crippen molar-refractivity contribution in [2.24, 2.45) is 0 Å². The highest BCUT2D eigenvalue weighted by molar-refractivity contribution is 5.94. The minimum atomic E-state index is -0.478. The Morgan fingerprint density at radius 3 is 2.52 bits per heavy atom. The molecule has 7 heteroatoms. The van der Waals surface area contributed by atoms with Gasteiger partial charge in [-0.15, -0.1) is 0 Å². The van der Waals surface area contributed by atoms with Crippen LogP contribution in [-0.2, 0) is 6.54 Å². The van der Waals surface area contributed by atoms with Crippen molar-refractivity contribution >= 4 is 5.91 Å². The third kappa shape index (κ3) is 5.10. The zero-order valence-electron chi connectivity index (χ0n) is 18.3. The highest BCUT2D eigenvalue weighted by atomic mass is 16.5. The first-order valence-corrected chi connectivity index (χ1v) is 10.4. The van der Waals surface area contributed by atoms with Crippen LogP contribution in [0, 0.1) is 6.92 Å². The van der Waals surface area contributed by atoms with E-state index in [-0.39, 0.29) is 11.7 Å². The van der Waals surface area contributed by atoms with Crippen molar-refractivity contribution in [1.29, 1.82) is 0 Å². The molecule has 0 fully saturated rings. The minimum absolute atomic E-state index is 0.184. The molecule has 0 aliphatic carbocycles. The van der Waals surface area contributed by atoms with Crippen molar-refractivity contribution in [2.45, 2.75) is 13.5 Å². The fourth-order valence-corrected chi connectivity index (χ4v) is 3.44. The number of amides is 1. The summed E-state index contributed by atoms with van der Waals surface area (Å²) in [6, 6.07) is 21.3. The van der Waals surface area contributed by atoms with Crippen LogP contribution in [0.4, 0.5) is 0 Å². The van der Waals surface area contributed by atoms with Gasteiger partial charge < -0.3 is 20.1 Å². The van der Waals surface area contributed by atoms with E-state index >= 15 is 0 Å². The summed E-state index contributed by atoms with van der Waals surface area (Å²) in [5, 5.41) is 12.6. The summed E-state index contributed by atoms with van der Waals surface area (Å²) in [6.45, 7) is 2.16. The molecule has 0 bridgehead atoms. The maximum atomic E-state index is 12.5. The van der Waals surface area contributed by atoms with Gasteiger partial charge in [-0.3, -0.25) is 4.79 Å². The molecule has 0 aliphatic rings. The number of rotatable bonds is 6. The summed E-state index contributed by atoms with van der Waals surface area (Å²) in [7, 11) is 1.60. The average Bonchev–Trinajstić information content (AvgIpc) is 2.84. The number of hydrogen-bond donors (Lipinski definition) is 3. The van der Waals surface area contributed by atoms with E-state index in [1.54, 1.807) is 62.6 Å². The first-order valence-electron chi connectivity index (χ1n) is 10.4. The number of phenols is 1. The quantitative estimate of drug-likeness (QED) is 0.419. The van der Waals surface area contributed by atoms with E-state index in [2.05, 4.69) is 15.3 Å². The van der Waals surface area contributed by atoms with Gasteiger partial charge in [0.25, 0.3) is 5.91 Å². The molecule has 1 aromatic heterocycles. The molecular formula is C26H23N3O4. The molecule has 0 aliphatic heterocycles. The van der Waals surface area contributed by atoms with E-state index in [0.717, 1.165) is 22.4 Å². The second-order valence-electron chi connectivity index (χ2n) is 7.60. The van der Waals surface area contributed by atoms with Crippen LogP contribution in [0.3, 0.4) is 0 Å². The van der Waals surface area contributed by atoms with Crippen LogP contribution in [0.5, 0.6) is 11.5 Å². The molecule has 166 valence electrons. The minimum Gasteiger partial charge on any atom is -0.508 e. The number of nitrogens with zero attached hydrogens (tertiary/aromatic N) is 1. The lowest BCUT2D eigenvalue weighted by Crippen LogP contribution is -2.22. The number of aromatic amines is 1. The Hall–Kier alpha value is -4.39. The molecule has 1 heterocycles. The molecule has 4 rings (SSSR count). The molecule has 0 unspecified atom stereocenters. The number of methoxy groups -OCH3 is 1. The first kappa shape index (κ1) is 21.8. The molecule has 0 atom stereocenters. The zero-order valence-corrected chi connectivity index (χ0v) is 18.3. The van der Waals surface area contributed by atoms with Crippen molar-refractivity contribution < 1.29 is 14.6 Å². The number of aromatic hydroxyl groups is 1. The van der Waals surface area contributed by atoms with Crippen molar-refractivity contribution in [1.82, 2.24) is 15.3 Å². The molecule has 0 radical (unpaired) electrons. The zero-order chi connectivity index (χ0) is 23.4. The highest BCUT2D eigenvalue weighted by Crippen LogP contribution is 2.26. The third-order valence-electron chi connectivity index (χ3n) is 5.28. The van der Waals surface area contributed by atoms with Crippen molar-refractivity contribution in [3.05, 3.63) is 100.0 Å². The number of carbonyl (C=O) groups excluding carboxylic acids is 1. The number of phenolic OH excluding ortho intramolecular Hbond substituents is 1. The molecular weight excluding hydrogens is 418 g/mol. The molecule has 0 saturated carbocycles. The molecule has 33 heavy (non-hydrogen) atoms. The van der Waals surface area contributed by atoms with Crippen LogP contribution in [0.15, 0.2) is 77.6 Å². The van der Waals surface area contributed by atoms with Gasteiger partial charge >= 0.3 is 5.69 Å². The van der Waals surface area contributed by atoms with Gasteiger partial charge in [-0.1, -0.05) is 24.3 Å². The van der Waals surface area contributed by atoms with Crippen molar-refractivity contribution in [3.8, 4) is 34.0 Å². The fraction of sp³-hybridized carbons (Fsp3) is 0.115. The van der Waals surface area contributed by atoms with Crippen LogP contribution >= 0.6 is 0 Å². The number of aromatic nitrogens is 2. The molecule has 4 aromatic rings. The topological polar surface area (TPSA) is 104 Å². The summed E-state index contributed by atoms with van der Waals surface area (Å²) < 4.78 is 5.20. The Morgan fingerprint density at radius 1 is 1.03 bits per heavy atom. The average molecular weight is 441 g/mol. The number of nitrogens with one attached hydrogen (secondary N) is 2. The lowest BCUT2D eigenvalue weighted by atomic mass is 10.0. The van der Waals surface area contributed by atoms with E-state index in [0.29, 0.717) is 29.1 Å². The van der Waals surface area contributed by atoms with E-state index in [9.17, 15) is 14.7 Å². The van der Waals surface area contributed by atoms with Crippen LogP contribution in [0.25, 0.3) is 22.5 Å². The van der Waals surface area contributed by atoms with Gasteiger partial charge in [0, 0.05) is 17.7 Å². The van der Waals surface area contributed by atoms with Gasteiger partial charge in [0.2, 0.25) is 0 Å². The van der Waals surface area contributed by atoms with Gasteiger partial charge in [0.15, 0.2) is 0 Å². The Bertz CT molecular complexity index is 1360. The van der Waals surface area contributed by atoms with E-state index in [1.165, 1.54) is 0 Å². The summed E-state index contributed by atoms with van der Waals surface area (Å²) in [6.07, 6.45) is 0. The predicted octanol–water partition coefficient (Wildman–Crippen LogP) is 4.06. The number of aryl methyl sites for hydroxylation is 1. The van der Waals surface area contributed by atoms with E-state index in [1.807, 2.05) is 24.3 Å². The smallest absolute Gasteiger partial charge is 0.345 e. The molecule has 7 nitrogen and oxygen atoms in total. The molecule has 3 aromatic carbocycles. The summed E-state index contributed by atoms with van der Waals surface area (Å²) in [5.41, 5.74) is 4.21. The Balaban J connectivity index is 1.51. The van der Waals surface area contributed by atoms with Crippen LogP contribution < -0.4 is 15.7 Å². The molecule has 0 spiro atoms. The first-order chi connectivity index (χ1) is 15.9. The Kier molecular flexibility index (Phi) is 6.22. The molecule has 3 N–H and O–H groups in total. The Morgan fingerprint density at radius 2 is 1.79 bits per heavy atom. The van der Waals surface area contributed by atoms with Gasteiger partial charge in [-0.25, -0.2) is 4.79 Å². The van der Waals surface area contributed by atoms with Gasteiger partial charge in [0.05, 0.1) is 18.5 Å². The largest absolute Gasteiger partial charge is 0.508 e. The second kappa shape index (κ2) is 9.40. The highest BCUT2D eigenvalue weighted by Gasteiger charge is 2.10. The summed E-state index contributed by atoms with van der Waals surface area (Å²) in [4.78, 5) is 31.5. The summed E-state index contributed by atoms with van der Waals surface area (Å²) in [5.74, 6) is 0.719. The Labute approximate surface area is 190 Å². The number of H-pyrrole nitrogens is 1. The molecule has 1 amide bonds. The normalized spacial score (nSPS) is 10.6. The molecule has 0 saturated heterocycles. The second-order valence-corrected chi connectivity index (χ2v) is 7.60. The predicted molar refractivity (Wildman–Crippen MR) is 126 cm³/mol. The lowest BCUT2D eigenvalue weighted by Gasteiger charge is -2.09. The lowest BCUT2D eigenvalue weighted by molar-refractivity contribution is 0.0951. The monoisotopic (exact) mass is 441 g/mol. The van der Waals surface area contributed by atoms with E-state index < -0.39 is 5.69 Å². The number of ether oxygens (including phenoxy) is 1. The van der Waals surface area contributed by atoms with Crippen LogP contribution in [0.2, 0.25) is 0 Å². The van der Waals surface area contributed by atoms with Gasteiger partial charge in [-0.2, -0.15) is 4.98 Å². The summed E-state index contributed by atoms with van der Waals surface area (Å²) >= 11 is 0. The SMILES string of the molecule is COc1cccc(CNC(=O)c2ccc(-c3cc(-c4ccc(O)c(C)c4)nc(=O)[nH]3)cc2)c1. The van der Waals surface area contributed by atoms with E-state index in [4.69, 9.17) is 4.74 Å². The number of benzene rings is 3. The standard InChI is InChI=1S/C26H23N3O4/c1-16-12-20(10-11-24(16)30)23-14-22(28-26(32)29-23)18-6-8-19(9-7-18)25(31)27-15-17-4-3-5-21(13-17)33-2/h3-14,30H,15H2,1-2H3,(H,27,31)(H,28,29,32). The number of carbonyl (C=O) groups is 1. The third-order valence-corrected chi connectivity index (χ3v) is 5.28. The fourth-order valence-electron chi connectivity index (χ4n) is 3.44. The van der Waals surface area contributed by atoms with Crippen molar-refractivity contribution in [2.75, 3.05) is 7.11 Å². The van der Waals surface area contributed by atoms with Gasteiger partial charge in [0.1, 0.15) is 11.5 Å². The van der Waals surface area contributed by atoms with Crippen LogP contribution in [-0.4, -0.2) is 28.1 Å². The number of hydrogen-bond acceptors (Lipinski definition) is 5. The van der Waals surface area contributed by atoms with Crippen molar-refractivity contribution in [3.63, 3.8) is 0 Å². The maximum Gasteiger partial charge on any atom is 0.345 e. The van der Waals surface area contributed by atoms with Gasteiger partial charge in [-0.05, 0) is 72.1 Å². The van der Waals surface area contributed by atoms with Crippen LogP contribution in [0.1, 0.15) is 21.5 Å². The maximum absolute atomic E-state index is 12.5.